The molecule has 1 aliphatic carbocycles. The Morgan fingerprint density at radius 2 is 1.06 bits per heavy atom. The third-order valence-corrected chi connectivity index (χ3v) is 13.7. The summed E-state index contributed by atoms with van der Waals surface area (Å²) in [4.78, 5) is 2.47. The van der Waals surface area contributed by atoms with Crippen LogP contribution in [0.25, 0.3) is 93.6 Å². The molecule has 0 atom stereocenters. The van der Waals surface area contributed by atoms with Gasteiger partial charge in [0.1, 0.15) is 11.2 Å². The fraction of sp³-hybridized carbons (Fsp3) is 0.0492. The van der Waals surface area contributed by atoms with Crippen LogP contribution in [0, 0.1) is 0 Å². The molecular formula is C61H42N2O. The summed E-state index contributed by atoms with van der Waals surface area (Å²) in [6.07, 6.45) is 0. The summed E-state index contributed by atoms with van der Waals surface area (Å²) in [6, 6.07) is 79.8. The molecule has 0 spiro atoms. The first-order chi connectivity index (χ1) is 31.5. The zero-order valence-electron chi connectivity index (χ0n) is 35.6. The normalized spacial score (nSPS) is 13.0. The minimum absolute atomic E-state index is 0.111. The highest BCUT2D eigenvalue weighted by atomic mass is 16.3. The van der Waals surface area contributed by atoms with Crippen LogP contribution in [0.5, 0.6) is 0 Å². The number of anilines is 3. The van der Waals surface area contributed by atoms with Crippen molar-refractivity contribution in [2.75, 3.05) is 4.90 Å². The largest absolute Gasteiger partial charge is 0.456 e. The summed E-state index contributed by atoms with van der Waals surface area (Å²) in [6.45, 7) is 4.71. The standard InChI is InChI=1S/C61H42N2O/c1-61(2)51-24-8-5-22-48(51)59-52(61)25-13-27-55(59)62(46-33-31-39-15-3-4-16-42(39)36-46)45-20-12-19-43(37-45)40-17-11-18-41(35-40)44-32-34-54-50(38-44)47-21-6-9-26-53(47)63(54)56-28-14-30-58-60(56)49-23-7-10-29-57(49)64-58/h3-38H,1-2H3. The first kappa shape index (κ1) is 36.5. The quantitative estimate of drug-likeness (QED) is 0.167. The van der Waals surface area contributed by atoms with Gasteiger partial charge in [-0.1, -0.05) is 159 Å². The Hall–Kier alpha value is -8.14. The van der Waals surface area contributed by atoms with Crippen molar-refractivity contribution < 1.29 is 4.42 Å². The summed E-state index contributed by atoms with van der Waals surface area (Å²) >= 11 is 0. The second kappa shape index (κ2) is 13.9. The average Bonchev–Trinajstić information content (AvgIpc) is 3.97. The maximum absolute atomic E-state index is 6.34. The summed E-state index contributed by atoms with van der Waals surface area (Å²) in [5, 5.41) is 7.14. The number of benzene rings is 10. The zero-order valence-corrected chi connectivity index (χ0v) is 35.6. The van der Waals surface area contributed by atoms with Crippen molar-refractivity contribution >= 4 is 71.6 Å². The predicted octanol–water partition coefficient (Wildman–Crippen LogP) is 16.9. The van der Waals surface area contributed by atoms with E-state index in [0.29, 0.717) is 0 Å². The van der Waals surface area contributed by atoms with Gasteiger partial charge >= 0.3 is 0 Å². The minimum Gasteiger partial charge on any atom is -0.456 e. The van der Waals surface area contributed by atoms with E-state index in [-0.39, 0.29) is 5.41 Å². The summed E-state index contributed by atoms with van der Waals surface area (Å²) in [5.74, 6) is 0. The molecule has 3 nitrogen and oxygen atoms in total. The van der Waals surface area contributed by atoms with Gasteiger partial charge in [-0.15, -0.1) is 0 Å². The van der Waals surface area contributed by atoms with E-state index < -0.39 is 0 Å². The van der Waals surface area contributed by atoms with Crippen LogP contribution < -0.4 is 4.90 Å². The zero-order chi connectivity index (χ0) is 42.5. The number of furan rings is 1. The average molecular weight is 819 g/mol. The smallest absolute Gasteiger partial charge is 0.137 e. The molecule has 2 aromatic heterocycles. The third kappa shape index (κ3) is 5.47. The van der Waals surface area contributed by atoms with E-state index in [2.05, 4.69) is 236 Å². The van der Waals surface area contributed by atoms with Crippen molar-refractivity contribution in [3.63, 3.8) is 0 Å². The van der Waals surface area contributed by atoms with Gasteiger partial charge in [0.15, 0.2) is 0 Å². The van der Waals surface area contributed by atoms with Gasteiger partial charge in [-0.05, 0) is 123 Å². The number of rotatable bonds is 6. The number of hydrogen-bond acceptors (Lipinski definition) is 2. The lowest BCUT2D eigenvalue weighted by molar-refractivity contribution is 0.660. The number of hydrogen-bond donors (Lipinski definition) is 0. The van der Waals surface area contributed by atoms with Gasteiger partial charge in [0.25, 0.3) is 0 Å². The summed E-state index contributed by atoms with van der Waals surface area (Å²) in [5.41, 5.74) is 18.6. The molecule has 0 bridgehead atoms. The molecule has 0 N–H and O–H groups in total. The highest BCUT2D eigenvalue weighted by Crippen LogP contribution is 2.54. The topological polar surface area (TPSA) is 21.3 Å². The van der Waals surface area contributed by atoms with Crippen LogP contribution in [0.3, 0.4) is 0 Å². The van der Waals surface area contributed by atoms with Crippen molar-refractivity contribution in [2.45, 2.75) is 19.3 Å². The van der Waals surface area contributed by atoms with Crippen LogP contribution >= 0.6 is 0 Å². The predicted molar refractivity (Wildman–Crippen MR) is 269 cm³/mol. The molecule has 0 fully saturated rings. The summed E-state index contributed by atoms with van der Waals surface area (Å²) < 4.78 is 8.75. The maximum atomic E-state index is 6.34. The first-order valence-corrected chi connectivity index (χ1v) is 22.2. The molecule has 2 heterocycles. The fourth-order valence-corrected chi connectivity index (χ4v) is 10.7. The molecule has 0 aliphatic heterocycles. The van der Waals surface area contributed by atoms with Crippen LogP contribution in [0.1, 0.15) is 25.0 Å². The fourth-order valence-electron chi connectivity index (χ4n) is 10.7. The molecular weight excluding hydrogens is 777 g/mol. The van der Waals surface area contributed by atoms with Crippen LogP contribution in [-0.4, -0.2) is 4.57 Å². The molecule has 0 amide bonds. The molecule has 3 heteroatoms. The Bertz CT molecular complexity index is 3840. The first-order valence-electron chi connectivity index (χ1n) is 22.2. The lowest BCUT2D eigenvalue weighted by atomic mass is 9.82. The van der Waals surface area contributed by atoms with E-state index in [1.165, 1.54) is 77.2 Å². The Labute approximate surface area is 371 Å². The van der Waals surface area contributed by atoms with Gasteiger partial charge in [-0.3, -0.25) is 0 Å². The monoisotopic (exact) mass is 818 g/mol. The summed E-state index contributed by atoms with van der Waals surface area (Å²) in [7, 11) is 0. The van der Waals surface area contributed by atoms with Gasteiger partial charge in [0, 0.05) is 38.5 Å². The van der Waals surface area contributed by atoms with Crippen molar-refractivity contribution in [2.24, 2.45) is 0 Å². The van der Waals surface area contributed by atoms with Gasteiger partial charge in [-0.25, -0.2) is 0 Å². The Balaban J connectivity index is 0.941. The second-order valence-corrected chi connectivity index (χ2v) is 17.7. The molecule has 1 aliphatic rings. The van der Waals surface area contributed by atoms with Crippen LogP contribution in [-0.2, 0) is 5.41 Å². The number of nitrogens with zero attached hydrogens (tertiary/aromatic N) is 2. The van der Waals surface area contributed by atoms with Crippen molar-refractivity contribution in [1.82, 2.24) is 4.57 Å². The second-order valence-electron chi connectivity index (χ2n) is 17.7. The van der Waals surface area contributed by atoms with Crippen molar-refractivity contribution in [3.8, 4) is 39.1 Å². The lowest BCUT2D eigenvalue weighted by Crippen LogP contribution is -2.16. The minimum atomic E-state index is -0.111. The molecule has 64 heavy (non-hydrogen) atoms. The van der Waals surface area contributed by atoms with Gasteiger partial charge < -0.3 is 13.9 Å². The number of para-hydroxylation sites is 2. The molecule has 0 saturated heterocycles. The van der Waals surface area contributed by atoms with Gasteiger partial charge in [0.05, 0.1) is 27.8 Å². The lowest BCUT2D eigenvalue weighted by Gasteiger charge is -2.29. The van der Waals surface area contributed by atoms with Crippen molar-refractivity contribution in [3.05, 3.63) is 230 Å². The highest BCUT2D eigenvalue weighted by molar-refractivity contribution is 6.15. The SMILES string of the molecule is CC1(C)c2ccccc2-c2c(N(c3cccc(-c4cccc(-c5ccc6c(c5)c5ccccc5n6-c5cccc6oc7ccccc7c56)c4)c3)c3ccc4ccccc4c3)cccc21. The van der Waals surface area contributed by atoms with Crippen LogP contribution in [0.4, 0.5) is 17.1 Å². The Morgan fingerprint density at radius 1 is 0.422 bits per heavy atom. The molecule has 0 unspecified atom stereocenters. The van der Waals surface area contributed by atoms with Crippen LogP contribution in [0.2, 0.25) is 0 Å². The van der Waals surface area contributed by atoms with E-state index in [1.807, 2.05) is 6.07 Å². The molecule has 302 valence electrons. The Kier molecular flexibility index (Phi) is 7.95. The van der Waals surface area contributed by atoms with E-state index in [0.717, 1.165) is 44.6 Å². The molecule has 12 aromatic rings. The highest BCUT2D eigenvalue weighted by Gasteiger charge is 2.37. The van der Waals surface area contributed by atoms with E-state index >= 15 is 0 Å². The molecule has 0 saturated carbocycles. The molecule has 10 aromatic carbocycles. The molecule has 0 radical (unpaired) electrons. The van der Waals surface area contributed by atoms with Gasteiger partial charge in [0.2, 0.25) is 0 Å². The number of aromatic nitrogens is 1. The van der Waals surface area contributed by atoms with Crippen molar-refractivity contribution in [1.29, 1.82) is 0 Å². The number of fused-ring (bicyclic) bond motifs is 10. The van der Waals surface area contributed by atoms with Gasteiger partial charge in [-0.2, -0.15) is 0 Å². The van der Waals surface area contributed by atoms with E-state index in [1.54, 1.807) is 0 Å². The maximum Gasteiger partial charge on any atom is 0.137 e. The van der Waals surface area contributed by atoms with E-state index in [9.17, 15) is 0 Å². The third-order valence-electron chi connectivity index (χ3n) is 13.7. The van der Waals surface area contributed by atoms with Crippen LogP contribution in [0.15, 0.2) is 223 Å². The Morgan fingerprint density at radius 3 is 1.95 bits per heavy atom. The molecule has 13 rings (SSSR count). The van der Waals surface area contributed by atoms with E-state index in [4.69, 9.17) is 4.42 Å².